The second-order valence-corrected chi connectivity index (χ2v) is 13.1. The maximum absolute atomic E-state index is 6.67. The van der Waals surface area contributed by atoms with Crippen molar-refractivity contribution in [3.63, 3.8) is 0 Å². The second-order valence-electron chi connectivity index (χ2n) is 13.1. The summed E-state index contributed by atoms with van der Waals surface area (Å²) in [5.41, 5.74) is 6.93. The molecule has 0 heterocycles. The minimum atomic E-state index is 0.697. The van der Waals surface area contributed by atoms with E-state index in [0.29, 0.717) is 13.2 Å². The van der Waals surface area contributed by atoms with Gasteiger partial charge in [-0.1, -0.05) is 174 Å². The molecule has 0 atom stereocenters. The first kappa shape index (κ1) is 34.8. The van der Waals surface area contributed by atoms with Crippen LogP contribution < -0.4 is 9.47 Å². The Morgan fingerprint density at radius 3 is 1.24 bits per heavy atom. The fraction of sp³-hybridized carbons (Fsp3) is 0.250. The molecule has 254 valence electrons. The molecule has 6 aromatic rings. The van der Waals surface area contributed by atoms with Crippen LogP contribution in [0, 0.1) is 0 Å². The lowest BCUT2D eigenvalue weighted by molar-refractivity contribution is 0.302. The molecule has 0 amide bonds. The molecule has 6 rings (SSSR count). The van der Waals surface area contributed by atoms with Crippen LogP contribution in [-0.4, -0.2) is 13.2 Å². The molecule has 0 saturated heterocycles. The SMILES string of the molecule is CCCCCCOc1ccc2cc(/C=C\c3ccccc3)ccc2c1-c1c(OCCCCCC)ccc2cc(/C=C/c3ccccc3)ccc12. The zero-order chi connectivity index (χ0) is 34.4. The zero-order valence-corrected chi connectivity index (χ0v) is 29.7. The molecule has 0 aliphatic rings. The Bertz CT molecular complexity index is 1870. The average Bonchev–Trinajstić information content (AvgIpc) is 3.16. The van der Waals surface area contributed by atoms with Gasteiger partial charge in [-0.25, -0.2) is 0 Å². The molecule has 0 bridgehead atoms. The molecule has 0 radical (unpaired) electrons. The molecular weight excluding hydrogens is 609 g/mol. The molecule has 0 aromatic heterocycles. The number of benzene rings is 6. The van der Waals surface area contributed by atoms with Crippen molar-refractivity contribution < 1.29 is 9.47 Å². The van der Waals surface area contributed by atoms with Gasteiger partial charge in [0.25, 0.3) is 0 Å². The van der Waals surface area contributed by atoms with Crippen molar-refractivity contribution in [3.05, 3.63) is 144 Å². The molecule has 0 aliphatic heterocycles. The van der Waals surface area contributed by atoms with E-state index < -0.39 is 0 Å². The van der Waals surface area contributed by atoms with E-state index in [1.807, 2.05) is 0 Å². The van der Waals surface area contributed by atoms with E-state index >= 15 is 0 Å². The van der Waals surface area contributed by atoms with Crippen molar-refractivity contribution in [1.82, 2.24) is 0 Å². The summed E-state index contributed by atoms with van der Waals surface area (Å²) in [4.78, 5) is 0. The maximum atomic E-state index is 6.67. The quantitative estimate of drug-likeness (QED) is 0.0717. The van der Waals surface area contributed by atoms with Crippen molar-refractivity contribution in [2.45, 2.75) is 65.2 Å². The molecule has 0 spiro atoms. The highest BCUT2D eigenvalue weighted by molar-refractivity contribution is 6.10. The first-order valence-electron chi connectivity index (χ1n) is 18.6. The van der Waals surface area contributed by atoms with Crippen LogP contribution in [0.2, 0.25) is 0 Å². The lowest BCUT2D eigenvalue weighted by atomic mass is 9.91. The van der Waals surface area contributed by atoms with E-state index in [0.717, 1.165) is 35.5 Å². The van der Waals surface area contributed by atoms with Gasteiger partial charge < -0.3 is 9.47 Å². The highest BCUT2D eigenvalue weighted by Crippen LogP contribution is 2.46. The van der Waals surface area contributed by atoms with Gasteiger partial charge >= 0.3 is 0 Å². The van der Waals surface area contributed by atoms with Gasteiger partial charge in [0.05, 0.1) is 13.2 Å². The van der Waals surface area contributed by atoms with Crippen LogP contribution in [-0.2, 0) is 0 Å². The Kier molecular flexibility index (Phi) is 12.6. The van der Waals surface area contributed by atoms with Crippen LogP contribution in [0.3, 0.4) is 0 Å². The van der Waals surface area contributed by atoms with Crippen LogP contribution in [0.15, 0.2) is 121 Å². The van der Waals surface area contributed by atoms with E-state index in [-0.39, 0.29) is 0 Å². The summed E-state index contributed by atoms with van der Waals surface area (Å²) in [6.07, 6.45) is 18.1. The molecule has 50 heavy (non-hydrogen) atoms. The smallest absolute Gasteiger partial charge is 0.127 e. The maximum Gasteiger partial charge on any atom is 0.127 e. The zero-order valence-electron chi connectivity index (χ0n) is 29.7. The predicted molar refractivity (Wildman–Crippen MR) is 217 cm³/mol. The van der Waals surface area contributed by atoms with Crippen molar-refractivity contribution in [2.75, 3.05) is 13.2 Å². The monoisotopic (exact) mass is 658 g/mol. The van der Waals surface area contributed by atoms with Gasteiger partial charge in [-0.05, 0) is 80.9 Å². The van der Waals surface area contributed by atoms with E-state index in [1.165, 1.54) is 82.3 Å². The lowest BCUT2D eigenvalue weighted by Gasteiger charge is -2.20. The van der Waals surface area contributed by atoms with Crippen LogP contribution >= 0.6 is 0 Å². The first-order valence-corrected chi connectivity index (χ1v) is 18.6. The van der Waals surface area contributed by atoms with Crippen LogP contribution in [0.5, 0.6) is 11.5 Å². The fourth-order valence-electron chi connectivity index (χ4n) is 6.56. The molecule has 6 aromatic carbocycles. The third-order valence-corrected chi connectivity index (χ3v) is 9.31. The van der Waals surface area contributed by atoms with Crippen molar-refractivity contribution in [3.8, 4) is 22.6 Å². The molecule has 0 aliphatic carbocycles. The normalized spacial score (nSPS) is 11.6. The summed E-state index contributed by atoms with van der Waals surface area (Å²) in [5.74, 6) is 1.83. The topological polar surface area (TPSA) is 18.5 Å². The number of unbranched alkanes of at least 4 members (excludes halogenated alkanes) is 6. The molecule has 0 unspecified atom stereocenters. The van der Waals surface area contributed by atoms with E-state index in [2.05, 4.69) is 159 Å². The summed E-state index contributed by atoms with van der Waals surface area (Å²) in [5, 5.41) is 4.71. The lowest BCUT2D eigenvalue weighted by Crippen LogP contribution is -2.03. The average molecular weight is 659 g/mol. The number of hydrogen-bond acceptors (Lipinski definition) is 2. The molecule has 0 N–H and O–H groups in total. The Hall–Kier alpha value is -5.08. The Labute approximate surface area is 299 Å². The van der Waals surface area contributed by atoms with Crippen LogP contribution in [0.1, 0.15) is 87.5 Å². The number of fused-ring (bicyclic) bond motifs is 2. The molecule has 0 fully saturated rings. The molecule has 2 nitrogen and oxygen atoms in total. The van der Waals surface area contributed by atoms with Gasteiger partial charge in [-0.15, -0.1) is 0 Å². The first-order chi connectivity index (χ1) is 24.7. The molecule has 2 heteroatoms. The van der Waals surface area contributed by atoms with Crippen molar-refractivity contribution in [2.24, 2.45) is 0 Å². The Morgan fingerprint density at radius 2 is 0.820 bits per heavy atom. The van der Waals surface area contributed by atoms with Gasteiger partial charge in [0, 0.05) is 11.1 Å². The van der Waals surface area contributed by atoms with Gasteiger partial charge in [0.1, 0.15) is 11.5 Å². The Balaban J connectivity index is 1.46. The standard InChI is InChI=1S/C48H50O2/c1-3-5-7-15-33-49-45-31-27-41-35-39(23-21-37-17-11-9-12-18-37)25-29-43(41)47(45)48-44-30-26-40(24-22-38-19-13-10-14-20-38)36-42(44)28-32-46(48)50-34-16-8-6-4-2/h9-14,17-32,35-36H,3-8,15-16,33-34H2,1-2H3/b23-21-,24-22+. The predicted octanol–water partition coefficient (Wildman–Crippen LogP) is 13.9. The largest absolute Gasteiger partial charge is 0.493 e. The van der Waals surface area contributed by atoms with Gasteiger partial charge in [-0.2, -0.15) is 0 Å². The summed E-state index contributed by atoms with van der Waals surface area (Å²) in [7, 11) is 0. The van der Waals surface area contributed by atoms with Gasteiger partial charge in [-0.3, -0.25) is 0 Å². The van der Waals surface area contributed by atoms with Gasteiger partial charge in [0.2, 0.25) is 0 Å². The number of ether oxygens (including phenoxy) is 2. The minimum Gasteiger partial charge on any atom is -0.493 e. The highest BCUT2D eigenvalue weighted by atomic mass is 16.5. The number of rotatable bonds is 17. The summed E-state index contributed by atoms with van der Waals surface area (Å²) in [6.45, 7) is 5.89. The number of hydrogen-bond donors (Lipinski definition) is 0. The van der Waals surface area contributed by atoms with E-state index in [1.54, 1.807) is 0 Å². The third kappa shape index (κ3) is 9.12. The van der Waals surface area contributed by atoms with Gasteiger partial charge in [0.15, 0.2) is 0 Å². The summed E-state index contributed by atoms with van der Waals surface area (Å²) in [6, 6.07) is 43.2. The van der Waals surface area contributed by atoms with Crippen LogP contribution in [0.25, 0.3) is 57.0 Å². The van der Waals surface area contributed by atoms with E-state index in [4.69, 9.17) is 9.47 Å². The van der Waals surface area contributed by atoms with Crippen molar-refractivity contribution in [1.29, 1.82) is 0 Å². The summed E-state index contributed by atoms with van der Waals surface area (Å²) < 4.78 is 13.3. The molecular formula is C48H50O2. The summed E-state index contributed by atoms with van der Waals surface area (Å²) >= 11 is 0. The fourth-order valence-corrected chi connectivity index (χ4v) is 6.56. The Morgan fingerprint density at radius 1 is 0.400 bits per heavy atom. The highest BCUT2D eigenvalue weighted by Gasteiger charge is 2.20. The van der Waals surface area contributed by atoms with Crippen LogP contribution in [0.4, 0.5) is 0 Å². The minimum absolute atomic E-state index is 0.697. The molecule has 0 saturated carbocycles. The van der Waals surface area contributed by atoms with Crippen molar-refractivity contribution >= 4 is 45.8 Å². The van der Waals surface area contributed by atoms with E-state index in [9.17, 15) is 0 Å². The third-order valence-electron chi connectivity index (χ3n) is 9.31. The second kappa shape index (κ2) is 18.1.